The van der Waals surface area contributed by atoms with E-state index >= 15 is 0 Å². The van der Waals surface area contributed by atoms with Gasteiger partial charge in [0.2, 0.25) is 0 Å². The van der Waals surface area contributed by atoms with Gasteiger partial charge in [0.25, 0.3) is 5.91 Å². The summed E-state index contributed by atoms with van der Waals surface area (Å²) in [4.78, 5) is 11.7. The van der Waals surface area contributed by atoms with Crippen molar-refractivity contribution in [2.75, 3.05) is 6.26 Å². The van der Waals surface area contributed by atoms with Crippen molar-refractivity contribution in [3.05, 3.63) is 29.3 Å². The zero-order valence-electron chi connectivity index (χ0n) is 13.3. The molecule has 4 nitrogen and oxygen atoms in total. The molecule has 26 heavy (non-hydrogen) atoms. The van der Waals surface area contributed by atoms with Gasteiger partial charge in [-0.1, -0.05) is 0 Å². The van der Waals surface area contributed by atoms with Crippen LogP contribution in [0.5, 0.6) is 0 Å². The minimum atomic E-state index is -4.80. The summed E-state index contributed by atoms with van der Waals surface area (Å²) in [5.41, 5.74) is -4.95. The number of carbonyl (C=O) groups is 1. The van der Waals surface area contributed by atoms with Crippen molar-refractivity contribution in [3.8, 4) is 0 Å². The number of carbonyl (C=O) groups excluding carboxylic acids is 1. The Hall–Kier alpha value is -1.78. The van der Waals surface area contributed by atoms with Crippen molar-refractivity contribution in [1.82, 2.24) is 5.32 Å². The third-order valence-electron chi connectivity index (χ3n) is 4.96. The lowest BCUT2D eigenvalue weighted by Crippen LogP contribution is -2.78. The molecule has 2 bridgehead atoms. The van der Waals surface area contributed by atoms with Crippen LogP contribution in [0, 0.1) is 5.41 Å². The number of amides is 1. The van der Waals surface area contributed by atoms with Crippen molar-refractivity contribution in [1.29, 1.82) is 0 Å². The lowest BCUT2D eigenvalue weighted by Gasteiger charge is -2.70. The summed E-state index contributed by atoms with van der Waals surface area (Å²) in [7, 11) is -4.02. The monoisotopic (exact) mass is 401 g/mol. The second-order valence-electron chi connectivity index (χ2n) is 7.02. The van der Waals surface area contributed by atoms with Crippen LogP contribution in [0.25, 0.3) is 0 Å². The van der Waals surface area contributed by atoms with Crippen molar-refractivity contribution in [2.24, 2.45) is 5.41 Å². The molecule has 1 aromatic carbocycles. The highest BCUT2D eigenvalue weighted by molar-refractivity contribution is 7.90. The van der Waals surface area contributed by atoms with Gasteiger partial charge in [-0.25, -0.2) is 8.42 Å². The van der Waals surface area contributed by atoms with Gasteiger partial charge in [0.1, 0.15) is 0 Å². The van der Waals surface area contributed by atoms with Crippen molar-refractivity contribution >= 4 is 15.7 Å². The number of sulfone groups is 1. The van der Waals surface area contributed by atoms with Crippen LogP contribution in [0.4, 0.5) is 26.3 Å². The molecule has 3 aliphatic rings. The van der Waals surface area contributed by atoms with E-state index in [4.69, 9.17) is 0 Å². The summed E-state index contributed by atoms with van der Waals surface area (Å²) >= 11 is 0. The molecule has 3 aliphatic carbocycles. The van der Waals surface area contributed by atoms with E-state index in [1.807, 2.05) is 0 Å². The van der Waals surface area contributed by atoms with Crippen molar-refractivity contribution < 1.29 is 39.6 Å². The predicted octanol–water partition coefficient (Wildman–Crippen LogP) is 3.32. The Bertz CT molecular complexity index is 868. The highest BCUT2D eigenvalue weighted by Gasteiger charge is 2.79. The molecule has 3 saturated carbocycles. The number of hydrogen-bond acceptors (Lipinski definition) is 3. The van der Waals surface area contributed by atoms with Gasteiger partial charge in [-0.05, 0) is 37.5 Å². The molecule has 144 valence electrons. The molecule has 0 atom stereocenters. The summed E-state index contributed by atoms with van der Waals surface area (Å²) in [6.07, 6.45) is -9.56. The topological polar surface area (TPSA) is 63.2 Å². The van der Waals surface area contributed by atoms with Gasteiger partial charge in [0.15, 0.2) is 9.84 Å². The zero-order chi connectivity index (χ0) is 19.8. The SMILES string of the molecule is CS(=O)(=O)c1ccc(C(F)(F)F)cc1C(=O)NC12CC(C(F)(F)F)(C1)C2. The Kier molecular flexibility index (Phi) is 3.76. The Labute approximate surface area is 144 Å². The molecule has 0 aliphatic heterocycles. The van der Waals surface area contributed by atoms with E-state index in [2.05, 4.69) is 5.32 Å². The van der Waals surface area contributed by atoms with Crippen molar-refractivity contribution in [3.63, 3.8) is 0 Å². The minimum Gasteiger partial charge on any atom is -0.346 e. The van der Waals surface area contributed by atoms with Gasteiger partial charge in [-0.3, -0.25) is 4.79 Å². The van der Waals surface area contributed by atoms with Gasteiger partial charge in [0.05, 0.1) is 21.4 Å². The van der Waals surface area contributed by atoms with Crippen LogP contribution in [0.2, 0.25) is 0 Å². The number of benzene rings is 1. The molecule has 1 aromatic rings. The zero-order valence-corrected chi connectivity index (χ0v) is 14.1. The summed E-state index contributed by atoms with van der Waals surface area (Å²) in [5, 5.41) is 2.29. The predicted molar refractivity (Wildman–Crippen MR) is 77.1 cm³/mol. The van der Waals surface area contributed by atoms with Crippen LogP contribution in [0.15, 0.2) is 23.1 Å². The molecule has 0 unspecified atom stereocenters. The van der Waals surface area contributed by atoms with Crippen molar-refractivity contribution in [2.45, 2.75) is 42.0 Å². The summed E-state index contributed by atoms with van der Waals surface area (Å²) in [6, 6.07) is 1.61. The Morgan fingerprint density at radius 1 is 1.08 bits per heavy atom. The van der Waals surface area contributed by atoms with E-state index in [-0.39, 0.29) is 19.3 Å². The third kappa shape index (κ3) is 2.85. The van der Waals surface area contributed by atoms with Crippen LogP contribution in [-0.2, 0) is 16.0 Å². The van der Waals surface area contributed by atoms with Crippen LogP contribution >= 0.6 is 0 Å². The largest absolute Gasteiger partial charge is 0.416 e. The first kappa shape index (κ1) is 19.0. The second-order valence-corrected chi connectivity index (χ2v) is 9.01. The maximum atomic E-state index is 12.9. The molecule has 0 radical (unpaired) electrons. The van der Waals surface area contributed by atoms with Crippen LogP contribution < -0.4 is 5.32 Å². The van der Waals surface area contributed by atoms with E-state index in [9.17, 15) is 39.6 Å². The van der Waals surface area contributed by atoms with Gasteiger partial charge < -0.3 is 5.32 Å². The minimum absolute atomic E-state index is 0.359. The fourth-order valence-electron chi connectivity index (χ4n) is 3.74. The molecule has 4 rings (SSSR count). The second kappa shape index (κ2) is 5.14. The lowest BCUT2D eigenvalue weighted by atomic mass is 9.39. The number of halogens is 6. The molecule has 0 saturated heterocycles. The fraction of sp³-hybridized carbons (Fsp3) is 0.533. The molecular formula is C15H13F6NO3S. The summed E-state index contributed by atoms with van der Waals surface area (Å²) in [6.45, 7) is 0. The van der Waals surface area contributed by atoms with E-state index < -0.39 is 55.1 Å². The van der Waals surface area contributed by atoms with Crippen LogP contribution in [-0.4, -0.2) is 32.3 Å². The molecular weight excluding hydrogens is 388 g/mol. The standard InChI is InChI=1S/C15H13F6NO3S/c1-26(24,25)10-3-2-8(14(16,17)18)4-9(10)11(23)22-13-5-12(6-13,7-13)15(19,20)21/h2-4H,5-7H2,1H3,(H,22,23). The average molecular weight is 401 g/mol. The van der Waals surface area contributed by atoms with E-state index in [0.29, 0.717) is 18.2 Å². The quantitative estimate of drug-likeness (QED) is 0.791. The number of hydrogen-bond donors (Lipinski definition) is 1. The summed E-state index contributed by atoms with van der Waals surface area (Å²) in [5.74, 6) is -1.13. The van der Waals surface area contributed by atoms with E-state index in [1.54, 1.807) is 0 Å². The van der Waals surface area contributed by atoms with Gasteiger partial charge in [0, 0.05) is 11.8 Å². The first-order chi connectivity index (χ1) is 11.6. The number of nitrogens with one attached hydrogen (secondary N) is 1. The fourth-order valence-corrected chi connectivity index (χ4v) is 4.60. The maximum absolute atomic E-state index is 12.9. The molecule has 1 amide bonds. The van der Waals surface area contributed by atoms with Crippen LogP contribution in [0.3, 0.4) is 0 Å². The Balaban J connectivity index is 1.88. The van der Waals surface area contributed by atoms with E-state index in [1.165, 1.54) is 0 Å². The lowest BCUT2D eigenvalue weighted by molar-refractivity contribution is -0.336. The van der Waals surface area contributed by atoms with Gasteiger partial charge in [-0.15, -0.1) is 0 Å². The molecule has 0 aromatic heterocycles. The maximum Gasteiger partial charge on any atom is 0.416 e. The number of alkyl halides is 6. The smallest absolute Gasteiger partial charge is 0.346 e. The first-order valence-corrected chi connectivity index (χ1v) is 9.28. The first-order valence-electron chi connectivity index (χ1n) is 7.39. The average Bonchev–Trinajstić information content (AvgIpc) is 2.36. The Morgan fingerprint density at radius 2 is 1.62 bits per heavy atom. The highest BCUT2D eigenvalue weighted by atomic mass is 32.2. The third-order valence-corrected chi connectivity index (χ3v) is 6.12. The van der Waals surface area contributed by atoms with E-state index in [0.717, 1.165) is 6.26 Å². The number of rotatable bonds is 3. The molecule has 3 fully saturated rings. The van der Waals surface area contributed by atoms with Gasteiger partial charge >= 0.3 is 12.4 Å². The Morgan fingerprint density at radius 3 is 2.04 bits per heavy atom. The summed E-state index contributed by atoms with van der Waals surface area (Å²) < 4.78 is 101. The molecule has 0 heterocycles. The normalized spacial score (nSPS) is 28.1. The molecule has 0 spiro atoms. The highest BCUT2D eigenvalue weighted by Crippen LogP contribution is 2.73. The van der Waals surface area contributed by atoms with Gasteiger partial charge in [-0.2, -0.15) is 26.3 Å². The van der Waals surface area contributed by atoms with Crippen LogP contribution in [0.1, 0.15) is 35.2 Å². The molecule has 1 N–H and O–H groups in total. The molecule has 11 heteroatoms.